The fourth-order valence-corrected chi connectivity index (χ4v) is 1.77. The maximum absolute atomic E-state index is 12.1. The van der Waals surface area contributed by atoms with Crippen molar-refractivity contribution >= 4 is 0 Å². The van der Waals surface area contributed by atoms with Gasteiger partial charge < -0.3 is 0 Å². The van der Waals surface area contributed by atoms with Crippen molar-refractivity contribution in [2.24, 2.45) is 0 Å². The molecular weight excluding hydrogens is 212 g/mol. The van der Waals surface area contributed by atoms with Crippen LogP contribution in [0.15, 0.2) is 47.7 Å². The molecular formula is C14H16N2O. The van der Waals surface area contributed by atoms with Gasteiger partial charge >= 0.3 is 0 Å². The first-order chi connectivity index (χ1) is 8.18. The van der Waals surface area contributed by atoms with E-state index in [1.165, 1.54) is 0 Å². The molecule has 17 heavy (non-hydrogen) atoms. The smallest absolute Gasteiger partial charge is 0.257 e. The van der Waals surface area contributed by atoms with Crippen molar-refractivity contribution in [1.29, 1.82) is 0 Å². The van der Waals surface area contributed by atoms with Gasteiger partial charge in [-0.1, -0.05) is 30.3 Å². The zero-order valence-electron chi connectivity index (χ0n) is 10.1. The Morgan fingerprint density at radius 3 is 2.59 bits per heavy atom. The van der Waals surface area contributed by atoms with E-state index in [-0.39, 0.29) is 11.6 Å². The van der Waals surface area contributed by atoms with Gasteiger partial charge in [-0.3, -0.25) is 9.36 Å². The molecule has 0 fully saturated rings. The van der Waals surface area contributed by atoms with Crippen LogP contribution in [0.1, 0.15) is 31.0 Å². The highest BCUT2D eigenvalue weighted by Crippen LogP contribution is 2.06. The second-order valence-corrected chi connectivity index (χ2v) is 4.39. The minimum atomic E-state index is 0.0545. The molecule has 3 heteroatoms. The van der Waals surface area contributed by atoms with Crippen LogP contribution in [0, 0.1) is 0 Å². The molecule has 0 aliphatic rings. The van der Waals surface area contributed by atoms with Gasteiger partial charge in [-0.2, -0.15) is 0 Å². The van der Waals surface area contributed by atoms with E-state index < -0.39 is 0 Å². The Morgan fingerprint density at radius 2 is 1.94 bits per heavy atom. The van der Waals surface area contributed by atoms with Crippen LogP contribution < -0.4 is 5.56 Å². The van der Waals surface area contributed by atoms with Gasteiger partial charge in [0.2, 0.25) is 0 Å². The van der Waals surface area contributed by atoms with E-state index in [4.69, 9.17) is 0 Å². The lowest BCUT2D eigenvalue weighted by Crippen LogP contribution is -2.25. The molecule has 0 unspecified atom stereocenters. The lowest BCUT2D eigenvalue weighted by Gasteiger charge is -2.10. The van der Waals surface area contributed by atoms with Gasteiger partial charge in [0.25, 0.3) is 5.56 Å². The van der Waals surface area contributed by atoms with Crippen molar-refractivity contribution < 1.29 is 0 Å². The zero-order chi connectivity index (χ0) is 12.3. The molecule has 2 aromatic rings. The van der Waals surface area contributed by atoms with Crippen molar-refractivity contribution in [2.75, 3.05) is 0 Å². The van der Waals surface area contributed by atoms with E-state index in [1.807, 2.05) is 44.2 Å². The molecule has 0 aliphatic carbocycles. The molecule has 1 aromatic carbocycles. The number of rotatable bonds is 3. The summed E-state index contributed by atoms with van der Waals surface area (Å²) in [6.07, 6.45) is 3.90. The molecule has 0 aliphatic heterocycles. The average Bonchev–Trinajstić information content (AvgIpc) is 2.33. The minimum absolute atomic E-state index is 0.0545. The molecule has 3 nitrogen and oxygen atoms in total. The predicted octanol–water partition coefficient (Wildman–Crippen LogP) is 2.42. The highest BCUT2D eigenvalue weighted by atomic mass is 16.1. The monoisotopic (exact) mass is 228 g/mol. The Labute approximate surface area is 101 Å². The lowest BCUT2D eigenvalue weighted by atomic mass is 10.1. The fourth-order valence-electron chi connectivity index (χ4n) is 1.77. The second-order valence-electron chi connectivity index (χ2n) is 4.39. The maximum Gasteiger partial charge on any atom is 0.257 e. The highest BCUT2D eigenvalue weighted by Gasteiger charge is 2.06. The lowest BCUT2D eigenvalue weighted by molar-refractivity contribution is 0.562. The molecule has 88 valence electrons. The molecule has 0 amide bonds. The van der Waals surface area contributed by atoms with Gasteiger partial charge in [0, 0.05) is 24.2 Å². The number of hydrogen-bond donors (Lipinski definition) is 0. The van der Waals surface area contributed by atoms with E-state index in [9.17, 15) is 4.79 Å². The fraction of sp³-hybridized carbons (Fsp3) is 0.286. The molecule has 0 atom stereocenters. The van der Waals surface area contributed by atoms with Crippen LogP contribution in [0.3, 0.4) is 0 Å². The van der Waals surface area contributed by atoms with Gasteiger partial charge in [-0.25, -0.2) is 4.98 Å². The summed E-state index contributed by atoms with van der Waals surface area (Å²) in [6, 6.07) is 10.1. The van der Waals surface area contributed by atoms with Gasteiger partial charge in [0.05, 0.1) is 6.33 Å². The van der Waals surface area contributed by atoms with E-state index in [1.54, 1.807) is 17.1 Å². The van der Waals surface area contributed by atoms with Gasteiger partial charge in [0.1, 0.15) is 0 Å². The van der Waals surface area contributed by atoms with E-state index >= 15 is 0 Å². The Balaban J connectivity index is 2.35. The third-order valence-electron chi connectivity index (χ3n) is 2.72. The van der Waals surface area contributed by atoms with E-state index in [0.717, 1.165) is 11.1 Å². The summed E-state index contributed by atoms with van der Waals surface area (Å²) in [7, 11) is 0. The quantitative estimate of drug-likeness (QED) is 0.808. The van der Waals surface area contributed by atoms with Crippen LogP contribution in [-0.2, 0) is 6.42 Å². The second kappa shape index (κ2) is 4.95. The molecule has 1 aromatic heterocycles. The molecule has 0 spiro atoms. The van der Waals surface area contributed by atoms with Crippen LogP contribution in [-0.4, -0.2) is 9.55 Å². The first-order valence-electron chi connectivity index (χ1n) is 5.77. The standard InChI is InChI=1S/C14H16N2O/c1-11(2)16-10-15-9-13(14(16)17)8-12-6-4-3-5-7-12/h3-7,9-11H,8H2,1-2H3. The molecule has 0 radical (unpaired) electrons. The summed E-state index contributed by atoms with van der Waals surface area (Å²) in [5, 5.41) is 0. The summed E-state index contributed by atoms with van der Waals surface area (Å²) < 4.78 is 1.66. The number of hydrogen-bond acceptors (Lipinski definition) is 2. The molecule has 2 rings (SSSR count). The zero-order valence-corrected chi connectivity index (χ0v) is 10.1. The van der Waals surface area contributed by atoms with Crippen LogP contribution >= 0.6 is 0 Å². The maximum atomic E-state index is 12.1. The number of benzene rings is 1. The van der Waals surface area contributed by atoms with Crippen molar-refractivity contribution in [1.82, 2.24) is 9.55 Å². The molecule has 0 saturated heterocycles. The van der Waals surface area contributed by atoms with Crippen molar-refractivity contribution in [3.63, 3.8) is 0 Å². The number of aromatic nitrogens is 2. The van der Waals surface area contributed by atoms with Gasteiger partial charge in [-0.05, 0) is 19.4 Å². The molecule has 0 N–H and O–H groups in total. The number of nitrogens with zero attached hydrogens (tertiary/aromatic N) is 2. The summed E-state index contributed by atoms with van der Waals surface area (Å²) in [4.78, 5) is 16.3. The van der Waals surface area contributed by atoms with Crippen molar-refractivity contribution in [2.45, 2.75) is 26.3 Å². The van der Waals surface area contributed by atoms with Crippen LogP contribution in [0.25, 0.3) is 0 Å². The normalized spacial score (nSPS) is 10.8. The Hall–Kier alpha value is -1.90. The van der Waals surface area contributed by atoms with Crippen molar-refractivity contribution in [3.05, 3.63) is 64.3 Å². The highest BCUT2D eigenvalue weighted by molar-refractivity contribution is 5.22. The first kappa shape index (κ1) is 11.6. The summed E-state index contributed by atoms with van der Waals surface area (Å²) in [5.74, 6) is 0. The van der Waals surface area contributed by atoms with Crippen LogP contribution in [0.4, 0.5) is 0 Å². The third-order valence-corrected chi connectivity index (χ3v) is 2.72. The Morgan fingerprint density at radius 1 is 1.24 bits per heavy atom. The molecule has 0 bridgehead atoms. The summed E-state index contributed by atoms with van der Waals surface area (Å²) in [5.41, 5.74) is 1.93. The summed E-state index contributed by atoms with van der Waals surface area (Å²) >= 11 is 0. The molecule has 1 heterocycles. The minimum Gasteiger partial charge on any atom is -0.296 e. The first-order valence-corrected chi connectivity index (χ1v) is 5.77. The Bertz CT molecular complexity index is 544. The third kappa shape index (κ3) is 2.61. The van der Waals surface area contributed by atoms with Crippen LogP contribution in [0.2, 0.25) is 0 Å². The molecule has 0 saturated carbocycles. The Kier molecular flexibility index (Phi) is 3.38. The predicted molar refractivity (Wildman–Crippen MR) is 68.1 cm³/mol. The van der Waals surface area contributed by atoms with Gasteiger partial charge in [-0.15, -0.1) is 0 Å². The summed E-state index contributed by atoms with van der Waals surface area (Å²) in [6.45, 7) is 3.96. The van der Waals surface area contributed by atoms with Crippen LogP contribution in [0.5, 0.6) is 0 Å². The van der Waals surface area contributed by atoms with E-state index in [2.05, 4.69) is 4.98 Å². The van der Waals surface area contributed by atoms with Crippen molar-refractivity contribution in [3.8, 4) is 0 Å². The topological polar surface area (TPSA) is 34.9 Å². The largest absolute Gasteiger partial charge is 0.296 e. The SMILES string of the molecule is CC(C)n1cncc(Cc2ccccc2)c1=O. The van der Waals surface area contributed by atoms with Gasteiger partial charge in [0.15, 0.2) is 0 Å². The van der Waals surface area contributed by atoms with E-state index in [0.29, 0.717) is 6.42 Å². The average molecular weight is 228 g/mol.